The Bertz CT molecular complexity index is 485. The fourth-order valence-corrected chi connectivity index (χ4v) is 2.11. The second-order valence-electron chi connectivity index (χ2n) is 3.62. The molecular formula is C12H12ClNO2S. The zero-order valence-electron chi connectivity index (χ0n) is 9.26. The molecule has 1 unspecified atom stereocenters. The molecule has 3 nitrogen and oxygen atoms in total. The Morgan fingerprint density at radius 2 is 2.35 bits per heavy atom. The van der Waals surface area contributed by atoms with Gasteiger partial charge in [0.25, 0.3) is 0 Å². The number of aromatic nitrogens is 1. The number of halogens is 1. The van der Waals surface area contributed by atoms with Gasteiger partial charge in [0.1, 0.15) is 12.4 Å². The number of hydrogen-bond donors (Lipinski definition) is 1. The van der Waals surface area contributed by atoms with Crippen molar-refractivity contribution in [1.82, 2.24) is 4.98 Å². The fourth-order valence-electron chi connectivity index (χ4n) is 1.36. The molecule has 5 heteroatoms. The van der Waals surface area contributed by atoms with Gasteiger partial charge in [0, 0.05) is 6.20 Å². The Morgan fingerprint density at radius 1 is 1.53 bits per heavy atom. The number of nitrogens with zero attached hydrogens (tertiary/aromatic N) is 1. The van der Waals surface area contributed by atoms with Crippen LogP contribution in [-0.2, 0) is 6.61 Å². The molecule has 0 radical (unpaired) electrons. The van der Waals surface area contributed by atoms with Crippen LogP contribution in [0.25, 0.3) is 0 Å². The van der Waals surface area contributed by atoms with Crippen LogP contribution in [0.4, 0.5) is 0 Å². The zero-order chi connectivity index (χ0) is 12.3. The first-order valence-electron chi connectivity index (χ1n) is 5.14. The number of benzene rings is 1. The first-order valence-corrected chi connectivity index (χ1v) is 6.40. The summed E-state index contributed by atoms with van der Waals surface area (Å²) in [4.78, 5) is 5.01. The Labute approximate surface area is 109 Å². The van der Waals surface area contributed by atoms with E-state index in [0.29, 0.717) is 17.4 Å². The van der Waals surface area contributed by atoms with Gasteiger partial charge in [0.05, 0.1) is 21.5 Å². The summed E-state index contributed by atoms with van der Waals surface area (Å²) in [6, 6.07) is 5.29. The number of aliphatic hydroxyl groups excluding tert-OH is 1. The van der Waals surface area contributed by atoms with Gasteiger partial charge in [-0.15, -0.1) is 11.3 Å². The highest BCUT2D eigenvalue weighted by Gasteiger charge is 2.07. The number of ether oxygens (including phenoxy) is 1. The molecule has 17 heavy (non-hydrogen) atoms. The number of thiazole rings is 1. The number of hydrogen-bond acceptors (Lipinski definition) is 4. The van der Waals surface area contributed by atoms with Crippen LogP contribution in [0.15, 0.2) is 29.9 Å². The second-order valence-corrected chi connectivity index (χ2v) is 5.00. The Hall–Kier alpha value is -1.10. The molecule has 0 aliphatic rings. The molecule has 2 aromatic rings. The molecule has 1 N–H and O–H groups in total. The molecule has 1 atom stereocenters. The molecule has 0 bridgehead atoms. The molecule has 90 valence electrons. The third-order valence-electron chi connectivity index (χ3n) is 2.29. The van der Waals surface area contributed by atoms with Crippen molar-refractivity contribution in [1.29, 1.82) is 0 Å². The Kier molecular flexibility index (Phi) is 3.99. The SMILES string of the molecule is CC(O)c1ccc(OCc2cncs2)c(Cl)c1. The molecule has 0 aliphatic heterocycles. The highest BCUT2D eigenvalue weighted by atomic mass is 35.5. The molecule has 0 fully saturated rings. The van der Waals surface area contributed by atoms with E-state index in [0.717, 1.165) is 10.4 Å². The standard InChI is InChI=1S/C12H12ClNO2S/c1-8(15)9-2-3-12(11(13)4-9)16-6-10-5-14-7-17-10/h2-5,7-8,15H,6H2,1H3. The van der Waals surface area contributed by atoms with Crippen molar-refractivity contribution in [2.24, 2.45) is 0 Å². The van der Waals surface area contributed by atoms with Gasteiger partial charge in [-0.25, -0.2) is 0 Å². The number of aliphatic hydroxyl groups is 1. The predicted molar refractivity (Wildman–Crippen MR) is 68.5 cm³/mol. The van der Waals surface area contributed by atoms with E-state index in [1.165, 1.54) is 11.3 Å². The van der Waals surface area contributed by atoms with Crippen molar-refractivity contribution < 1.29 is 9.84 Å². The average molecular weight is 270 g/mol. The van der Waals surface area contributed by atoms with Gasteiger partial charge in [0.2, 0.25) is 0 Å². The smallest absolute Gasteiger partial charge is 0.138 e. The molecule has 0 saturated heterocycles. The largest absolute Gasteiger partial charge is 0.486 e. The zero-order valence-corrected chi connectivity index (χ0v) is 10.8. The molecule has 1 aromatic heterocycles. The molecule has 2 rings (SSSR count). The van der Waals surface area contributed by atoms with Crippen molar-refractivity contribution in [3.8, 4) is 5.75 Å². The first-order chi connectivity index (χ1) is 8.16. The van der Waals surface area contributed by atoms with Crippen LogP contribution in [-0.4, -0.2) is 10.1 Å². The third-order valence-corrected chi connectivity index (χ3v) is 3.34. The van der Waals surface area contributed by atoms with Gasteiger partial charge >= 0.3 is 0 Å². The van der Waals surface area contributed by atoms with Crippen molar-refractivity contribution in [2.75, 3.05) is 0 Å². The van der Waals surface area contributed by atoms with Crippen molar-refractivity contribution >= 4 is 22.9 Å². The van der Waals surface area contributed by atoms with Gasteiger partial charge in [0.15, 0.2) is 0 Å². The minimum absolute atomic E-state index is 0.457. The average Bonchev–Trinajstić information content (AvgIpc) is 2.80. The molecule has 0 amide bonds. The molecule has 0 spiro atoms. The highest BCUT2D eigenvalue weighted by molar-refractivity contribution is 7.09. The fraction of sp³-hybridized carbons (Fsp3) is 0.250. The van der Waals surface area contributed by atoms with Crippen LogP contribution in [0.3, 0.4) is 0 Å². The second kappa shape index (κ2) is 5.49. The molecular weight excluding hydrogens is 258 g/mol. The highest BCUT2D eigenvalue weighted by Crippen LogP contribution is 2.28. The summed E-state index contributed by atoms with van der Waals surface area (Å²) in [6.45, 7) is 2.15. The maximum Gasteiger partial charge on any atom is 0.138 e. The lowest BCUT2D eigenvalue weighted by Crippen LogP contribution is -1.96. The van der Waals surface area contributed by atoms with E-state index in [1.54, 1.807) is 36.8 Å². The van der Waals surface area contributed by atoms with E-state index in [1.807, 2.05) is 0 Å². The maximum absolute atomic E-state index is 9.41. The molecule has 0 saturated carbocycles. The lowest BCUT2D eigenvalue weighted by atomic mass is 10.1. The summed E-state index contributed by atoms with van der Waals surface area (Å²) < 4.78 is 5.57. The number of rotatable bonds is 4. The van der Waals surface area contributed by atoms with Crippen molar-refractivity contribution in [2.45, 2.75) is 19.6 Å². The topological polar surface area (TPSA) is 42.4 Å². The van der Waals surface area contributed by atoms with Crippen molar-refractivity contribution in [3.05, 3.63) is 45.4 Å². The van der Waals surface area contributed by atoms with Crippen LogP contribution in [0.2, 0.25) is 5.02 Å². The van der Waals surface area contributed by atoms with Crippen molar-refractivity contribution in [3.63, 3.8) is 0 Å². The van der Waals surface area contributed by atoms with Gasteiger partial charge in [-0.1, -0.05) is 17.7 Å². The lowest BCUT2D eigenvalue weighted by Gasteiger charge is -2.10. The summed E-state index contributed by atoms with van der Waals surface area (Å²) in [5.41, 5.74) is 2.54. The Balaban J connectivity index is 2.06. The summed E-state index contributed by atoms with van der Waals surface area (Å²) in [5, 5.41) is 9.92. The van der Waals surface area contributed by atoms with Gasteiger partial charge in [-0.3, -0.25) is 4.98 Å². The van der Waals surface area contributed by atoms with Crippen LogP contribution in [0.1, 0.15) is 23.5 Å². The van der Waals surface area contributed by atoms with E-state index < -0.39 is 6.10 Å². The van der Waals surface area contributed by atoms with E-state index in [4.69, 9.17) is 16.3 Å². The van der Waals surface area contributed by atoms with Gasteiger partial charge < -0.3 is 9.84 Å². The molecule has 0 aliphatic carbocycles. The summed E-state index contributed by atoms with van der Waals surface area (Å²) in [5.74, 6) is 0.615. The van der Waals surface area contributed by atoms with E-state index in [2.05, 4.69) is 4.98 Å². The van der Waals surface area contributed by atoms with E-state index in [9.17, 15) is 5.11 Å². The maximum atomic E-state index is 9.41. The predicted octanol–water partition coefficient (Wildman–Crippen LogP) is 3.43. The van der Waals surface area contributed by atoms with Crippen LogP contribution in [0, 0.1) is 0 Å². The van der Waals surface area contributed by atoms with Crippen LogP contribution in [0.5, 0.6) is 5.75 Å². The first kappa shape index (κ1) is 12.4. The van der Waals surface area contributed by atoms with Gasteiger partial charge in [-0.05, 0) is 24.6 Å². The minimum atomic E-state index is -0.525. The molecule has 1 aromatic carbocycles. The monoisotopic (exact) mass is 269 g/mol. The summed E-state index contributed by atoms with van der Waals surface area (Å²) >= 11 is 7.60. The van der Waals surface area contributed by atoms with Crippen LogP contribution < -0.4 is 4.74 Å². The summed E-state index contributed by atoms with van der Waals surface area (Å²) in [6.07, 6.45) is 1.24. The quantitative estimate of drug-likeness (QED) is 0.925. The summed E-state index contributed by atoms with van der Waals surface area (Å²) in [7, 11) is 0. The third kappa shape index (κ3) is 3.19. The Morgan fingerprint density at radius 3 is 2.94 bits per heavy atom. The van der Waals surface area contributed by atoms with E-state index in [-0.39, 0.29) is 0 Å². The van der Waals surface area contributed by atoms with Gasteiger partial charge in [-0.2, -0.15) is 0 Å². The lowest BCUT2D eigenvalue weighted by molar-refractivity contribution is 0.199. The van der Waals surface area contributed by atoms with E-state index >= 15 is 0 Å². The molecule has 1 heterocycles. The minimum Gasteiger partial charge on any atom is -0.486 e. The normalized spacial score (nSPS) is 12.4. The van der Waals surface area contributed by atoms with Crippen LogP contribution >= 0.6 is 22.9 Å².